The Hall–Kier alpha value is -1.16. The molecule has 0 heterocycles. The van der Waals surface area contributed by atoms with Crippen LogP contribution in [-0.4, -0.2) is 16.3 Å². The molecule has 0 aliphatic carbocycles. The van der Waals surface area contributed by atoms with E-state index in [0.717, 1.165) is 11.3 Å². The molecular formula is C12H18N2OS. The van der Waals surface area contributed by atoms with E-state index in [4.69, 9.17) is 10.9 Å². The summed E-state index contributed by atoms with van der Waals surface area (Å²) in [6, 6.07) is 7.79. The average molecular weight is 238 g/mol. The van der Waals surface area contributed by atoms with Gasteiger partial charge in [0.1, 0.15) is 0 Å². The molecule has 0 bridgehead atoms. The van der Waals surface area contributed by atoms with Crippen molar-refractivity contribution in [3.63, 3.8) is 0 Å². The number of amidine groups is 1. The second kappa shape index (κ2) is 6.43. The van der Waals surface area contributed by atoms with Crippen LogP contribution in [0, 0.1) is 0 Å². The highest BCUT2D eigenvalue weighted by Crippen LogP contribution is 2.20. The highest BCUT2D eigenvalue weighted by molar-refractivity contribution is 7.99. The van der Waals surface area contributed by atoms with Crippen LogP contribution in [0.1, 0.15) is 31.4 Å². The Balaban J connectivity index is 2.68. The van der Waals surface area contributed by atoms with Gasteiger partial charge in [0.2, 0.25) is 0 Å². The van der Waals surface area contributed by atoms with Gasteiger partial charge in [-0.3, -0.25) is 0 Å². The lowest BCUT2D eigenvalue weighted by Crippen LogP contribution is -2.13. The maximum atomic E-state index is 8.59. The maximum absolute atomic E-state index is 8.59. The van der Waals surface area contributed by atoms with Crippen LogP contribution in [0.5, 0.6) is 0 Å². The van der Waals surface area contributed by atoms with Gasteiger partial charge in [0, 0.05) is 16.6 Å². The van der Waals surface area contributed by atoms with Gasteiger partial charge in [0.05, 0.1) is 0 Å². The van der Waals surface area contributed by atoms with Crippen molar-refractivity contribution in [1.29, 1.82) is 0 Å². The van der Waals surface area contributed by atoms with E-state index in [9.17, 15) is 0 Å². The number of oxime groups is 1. The van der Waals surface area contributed by atoms with Crippen LogP contribution in [0.15, 0.2) is 29.4 Å². The second-order valence-corrected chi connectivity index (χ2v) is 5.14. The number of nitrogens with zero attached hydrogens (tertiary/aromatic N) is 1. The molecule has 0 radical (unpaired) electrons. The number of hydrogen-bond donors (Lipinski definition) is 2. The first kappa shape index (κ1) is 12.9. The Bertz CT molecular complexity index is 366. The zero-order valence-corrected chi connectivity index (χ0v) is 10.5. The molecule has 0 amide bonds. The molecule has 4 heteroatoms. The molecule has 1 atom stereocenters. The van der Waals surface area contributed by atoms with Crippen LogP contribution in [0.4, 0.5) is 0 Å². The molecule has 0 aliphatic rings. The van der Waals surface area contributed by atoms with Crippen molar-refractivity contribution in [1.82, 2.24) is 0 Å². The minimum Gasteiger partial charge on any atom is -0.409 e. The van der Waals surface area contributed by atoms with Crippen LogP contribution >= 0.6 is 11.8 Å². The molecule has 0 fully saturated rings. The molecular weight excluding hydrogens is 220 g/mol. The van der Waals surface area contributed by atoms with E-state index >= 15 is 0 Å². The Morgan fingerprint density at radius 3 is 2.94 bits per heavy atom. The fraction of sp³-hybridized carbons (Fsp3) is 0.417. The Labute approximate surface area is 101 Å². The lowest BCUT2D eigenvalue weighted by atomic mass is 10.1. The van der Waals surface area contributed by atoms with E-state index in [1.807, 2.05) is 30.0 Å². The van der Waals surface area contributed by atoms with Crippen molar-refractivity contribution in [3.05, 3.63) is 35.4 Å². The summed E-state index contributed by atoms with van der Waals surface area (Å²) in [6.45, 7) is 4.41. The topological polar surface area (TPSA) is 58.6 Å². The fourth-order valence-electron chi connectivity index (χ4n) is 1.23. The molecule has 0 saturated carbocycles. The summed E-state index contributed by atoms with van der Waals surface area (Å²) >= 11 is 1.91. The maximum Gasteiger partial charge on any atom is 0.170 e. The average Bonchev–Trinajstić information content (AvgIpc) is 2.35. The number of benzene rings is 1. The number of rotatable bonds is 5. The van der Waals surface area contributed by atoms with Gasteiger partial charge in [-0.1, -0.05) is 37.2 Å². The summed E-state index contributed by atoms with van der Waals surface area (Å²) in [5.74, 6) is 1.12. The number of thioether (sulfide) groups is 1. The number of nitrogens with two attached hydrogens (primary N) is 1. The predicted molar refractivity (Wildman–Crippen MR) is 70.0 cm³/mol. The van der Waals surface area contributed by atoms with E-state index in [0.29, 0.717) is 5.25 Å². The quantitative estimate of drug-likeness (QED) is 0.359. The molecule has 88 valence electrons. The van der Waals surface area contributed by atoms with Gasteiger partial charge in [0.15, 0.2) is 5.84 Å². The summed E-state index contributed by atoms with van der Waals surface area (Å²) in [4.78, 5) is 0. The molecule has 1 aromatic carbocycles. The standard InChI is InChI=1S/C12H18N2OS/c1-3-9(2)16-8-10-5-4-6-11(7-10)12(13)14-15/h4-7,9,15H,3,8H2,1-2H3,(H2,13,14). The largest absolute Gasteiger partial charge is 0.409 e. The van der Waals surface area contributed by atoms with Gasteiger partial charge in [-0.25, -0.2) is 0 Å². The van der Waals surface area contributed by atoms with Crippen molar-refractivity contribution in [3.8, 4) is 0 Å². The first-order chi connectivity index (χ1) is 7.67. The smallest absolute Gasteiger partial charge is 0.170 e. The SMILES string of the molecule is CCC(C)SCc1cccc(/C(N)=N/O)c1. The van der Waals surface area contributed by atoms with Gasteiger partial charge in [0.25, 0.3) is 0 Å². The van der Waals surface area contributed by atoms with Crippen molar-refractivity contribution < 1.29 is 5.21 Å². The highest BCUT2D eigenvalue weighted by atomic mass is 32.2. The Morgan fingerprint density at radius 1 is 1.56 bits per heavy atom. The summed E-state index contributed by atoms with van der Waals surface area (Å²) in [5, 5.41) is 12.3. The first-order valence-corrected chi connectivity index (χ1v) is 6.40. The van der Waals surface area contributed by atoms with Crippen LogP contribution in [-0.2, 0) is 5.75 Å². The lowest BCUT2D eigenvalue weighted by Gasteiger charge is -2.08. The van der Waals surface area contributed by atoms with Crippen LogP contribution < -0.4 is 5.73 Å². The van der Waals surface area contributed by atoms with E-state index in [1.54, 1.807) is 0 Å². The van der Waals surface area contributed by atoms with Gasteiger partial charge in [-0.2, -0.15) is 11.8 Å². The van der Waals surface area contributed by atoms with Crippen molar-refractivity contribution >= 4 is 17.6 Å². The molecule has 0 spiro atoms. The molecule has 0 aromatic heterocycles. The fourth-order valence-corrected chi connectivity index (χ4v) is 2.13. The Kier molecular flexibility index (Phi) is 5.19. The van der Waals surface area contributed by atoms with E-state index in [2.05, 4.69) is 25.1 Å². The molecule has 16 heavy (non-hydrogen) atoms. The van der Waals surface area contributed by atoms with Gasteiger partial charge in [-0.05, 0) is 18.1 Å². The molecule has 1 rings (SSSR count). The van der Waals surface area contributed by atoms with Crippen molar-refractivity contribution in [2.24, 2.45) is 10.9 Å². The summed E-state index contributed by atoms with van der Waals surface area (Å²) in [7, 11) is 0. The monoisotopic (exact) mass is 238 g/mol. The summed E-state index contributed by atoms with van der Waals surface area (Å²) in [6.07, 6.45) is 1.17. The summed E-state index contributed by atoms with van der Waals surface area (Å²) in [5.41, 5.74) is 7.51. The van der Waals surface area contributed by atoms with Crippen LogP contribution in [0.2, 0.25) is 0 Å². The lowest BCUT2D eigenvalue weighted by molar-refractivity contribution is 0.318. The first-order valence-electron chi connectivity index (χ1n) is 5.35. The van der Waals surface area contributed by atoms with Gasteiger partial charge >= 0.3 is 0 Å². The summed E-state index contributed by atoms with van der Waals surface area (Å²) < 4.78 is 0. The van der Waals surface area contributed by atoms with E-state index in [1.165, 1.54) is 12.0 Å². The molecule has 3 nitrogen and oxygen atoms in total. The van der Waals surface area contributed by atoms with Gasteiger partial charge in [-0.15, -0.1) is 0 Å². The third-order valence-electron chi connectivity index (χ3n) is 2.44. The zero-order chi connectivity index (χ0) is 12.0. The molecule has 0 saturated heterocycles. The number of hydrogen-bond acceptors (Lipinski definition) is 3. The molecule has 1 unspecified atom stereocenters. The third kappa shape index (κ3) is 3.77. The van der Waals surface area contributed by atoms with Crippen molar-refractivity contribution in [2.45, 2.75) is 31.3 Å². The van der Waals surface area contributed by atoms with Crippen molar-refractivity contribution in [2.75, 3.05) is 0 Å². The highest BCUT2D eigenvalue weighted by Gasteiger charge is 2.03. The van der Waals surface area contributed by atoms with Gasteiger partial charge < -0.3 is 10.9 Å². The molecule has 3 N–H and O–H groups in total. The van der Waals surface area contributed by atoms with E-state index < -0.39 is 0 Å². The van der Waals surface area contributed by atoms with Crippen LogP contribution in [0.3, 0.4) is 0 Å². The minimum absolute atomic E-state index is 0.162. The third-order valence-corrected chi connectivity index (χ3v) is 3.84. The molecule has 1 aromatic rings. The normalized spacial score (nSPS) is 13.8. The van der Waals surface area contributed by atoms with Crippen LogP contribution in [0.25, 0.3) is 0 Å². The predicted octanol–water partition coefficient (Wildman–Crippen LogP) is 2.81. The minimum atomic E-state index is 0.162. The van der Waals surface area contributed by atoms with E-state index in [-0.39, 0.29) is 5.84 Å². The molecule has 0 aliphatic heterocycles. The second-order valence-electron chi connectivity index (χ2n) is 3.72. The zero-order valence-electron chi connectivity index (χ0n) is 9.68. The Morgan fingerprint density at radius 2 is 2.31 bits per heavy atom.